The van der Waals surface area contributed by atoms with Crippen molar-refractivity contribution in [3.8, 4) is 0 Å². The quantitative estimate of drug-likeness (QED) is 0.332. The van der Waals surface area contributed by atoms with Crippen LogP contribution in [0.4, 0.5) is 5.82 Å². The van der Waals surface area contributed by atoms with E-state index >= 15 is 0 Å². The molecule has 0 spiro atoms. The van der Waals surface area contributed by atoms with Crippen LogP contribution in [0.3, 0.4) is 0 Å². The summed E-state index contributed by atoms with van der Waals surface area (Å²) in [5, 5.41) is 3.62. The van der Waals surface area contributed by atoms with Gasteiger partial charge in [0.1, 0.15) is 5.82 Å². The molecule has 0 amide bonds. The van der Waals surface area contributed by atoms with E-state index in [1.54, 1.807) is 0 Å². The number of nitrogens with one attached hydrogen (secondary N) is 1. The van der Waals surface area contributed by atoms with Gasteiger partial charge in [-0.3, -0.25) is 9.89 Å². The van der Waals surface area contributed by atoms with Gasteiger partial charge in [0.05, 0.1) is 0 Å². The first kappa shape index (κ1) is 25.7. The number of likely N-dealkylation sites (N-methyl/N-ethyl adjacent to an activating group) is 1. The van der Waals surface area contributed by atoms with Gasteiger partial charge in [0.15, 0.2) is 5.96 Å². The lowest BCUT2D eigenvalue weighted by Crippen LogP contribution is -2.52. The monoisotopic (exact) mass is 563 g/mol. The van der Waals surface area contributed by atoms with Crippen molar-refractivity contribution in [2.75, 3.05) is 70.9 Å². The number of anilines is 1. The number of rotatable bonds is 6. The maximum absolute atomic E-state index is 4.57. The molecule has 0 atom stereocenters. The Kier molecular flexibility index (Phi) is 10.2. The molecule has 3 heterocycles. The van der Waals surface area contributed by atoms with Gasteiger partial charge in [-0.15, -0.1) is 24.0 Å². The highest BCUT2D eigenvalue weighted by atomic mass is 127. The zero-order valence-electron chi connectivity index (χ0n) is 20.0. The van der Waals surface area contributed by atoms with Gasteiger partial charge >= 0.3 is 0 Å². The maximum atomic E-state index is 4.57. The van der Waals surface area contributed by atoms with Crippen LogP contribution in [-0.4, -0.2) is 91.6 Å². The van der Waals surface area contributed by atoms with Crippen LogP contribution >= 0.6 is 24.0 Å². The predicted octanol–water partition coefficient (Wildman–Crippen LogP) is 2.73. The van der Waals surface area contributed by atoms with Crippen molar-refractivity contribution in [3.05, 3.63) is 59.8 Å². The van der Waals surface area contributed by atoms with E-state index in [1.165, 1.54) is 24.2 Å². The molecule has 0 aliphatic carbocycles. The second kappa shape index (κ2) is 13.1. The van der Waals surface area contributed by atoms with E-state index in [2.05, 4.69) is 78.2 Å². The summed E-state index contributed by atoms with van der Waals surface area (Å²) in [7, 11) is 1.88. The Balaban J connectivity index is 0.00000306. The Morgan fingerprint density at radius 1 is 0.879 bits per heavy atom. The first-order valence-corrected chi connectivity index (χ1v) is 11.9. The molecule has 1 aromatic heterocycles. The van der Waals surface area contributed by atoms with Crippen LogP contribution < -0.4 is 10.2 Å². The number of aliphatic imine (C=N–C) groups is 1. The fourth-order valence-electron chi connectivity index (χ4n) is 4.58. The minimum atomic E-state index is 0. The zero-order chi connectivity index (χ0) is 22.2. The number of piperazine rings is 2. The van der Waals surface area contributed by atoms with Crippen LogP contribution in [0.25, 0.3) is 0 Å². The van der Waals surface area contributed by atoms with E-state index in [0.717, 1.165) is 70.7 Å². The van der Waals surface area contributed by atoms with Crippen LogP contribution in [0.1, 0.15) is 18.1 Å². The minimum absolute atomic E-state index is 0. The van der Waals surface area contributed by atoms with E-state index < -0.39 is 0 Å². The second-order valence-corrected chi connectivity index (χ2v) is 8.54. The Labute approximate surface area is 215 Å². The Bertz CT molecular complexity index is 860. The summed E-state index contributed by atoms with van der Waals surface area (Å²) in [6.07, 6.45) is 1.86. The zero-order valence-corrected chi connectivity index (χ0v) is 22.3. The lowest BCUT2D eigenvalue weighted by Gasteiger charge is -2.37. The molecule has 1 aromatic carbocycles. The molecule has 0 unspecified atom stereocenters. The van der Waals surface area contributed by atoms with Gasteiger partial charge in [-0.25, -0.2) is 4.98 Å². The van der Waals surface area contributed by atoms with Crippen molar-refractivity contribution in [1.29, 1.82) is 0 Å². The van der Waals surface area contributed by atoms with Crippen LogP contribution in [0.2, 0.25) is 0 Å². The largest absolute Gasteiger partial charge is 0.353 e. The van der Waals surface area contributed by atoms with Crippen LogP contribution in [0, 0.1) is 0 Å². The molecular formula is C25H38IN7. The molecule has 7 nitrogen and oxygen atoms in total. The van der Waals surface area contributed by atoms with Crippen LogP contribution in [0.15, 0.2) is 53.7 Å². The Morgan fingerprint density at radius 3 is 2.18 bits per heavy atom. The van der Waals surface area contributed by atoms with Crippen LogP contribution in [-0.2, 0) is 13.1 Å². The summed E-state index contributed by atoms with van der Waals surface area (Å²) in [5.41, 5.74) is 2.78. The fourth-order valence-corrected chi connectivity index (χ4v) is 4.58. The number of halogens is 1. The summed E-state index contributed by atoms with van der Waals surface area (Å²) >= 11 is 0. The first-order valence-electron chi connectivity index (χ1n) is 11.9. The number of benzene rings is 1. The molecule has 2 aromatic rings. The predicted molar refractivity (Wildman–Crippen MR) is 147 cm³/mol. The third kappa shape index (κ3) is 7.04. The molecule has 0 saturated carbocycles. The number of hydrogen-bond donors (Lipinski definition) is 1. The highest BCUT2D eigenvalue weighted by molar-refractivity contribution is 14.0. The highest BCUT2D eigenvalue weighted by Gasteiger charge is 2.21. The summed E-state index contributed by atoms with van der Waals surface area (Å²) in [6.45, 7) is 13.7. The molecule has 1 N–H and O–H groups in total. The molecule has 2 fully saturated rings. The van der Waals surface area contributed by atoms with Crippen molar-refractivity contribution in [2.24, 2.45) is 4.99 Å². The minimum Gasteiger partial charge on any atom is -0.353 e. The molecule has 180 valence electrons. The van der Waals surface area contributed by atoms with Crippen molar-refractivity contribution in [1.82, 2.24) is 25.0 Å². The number of pyridine rings is 1. The van der Waals surface area contributed by atoms with E-state index in [0.29, 0.717) is 0 Å². The lowest BCUT2D eigenvalue weighted by molar-refractivity contribution is 0.131. The number of aromatic nitrogens is 1. The number of hydrogen-bond acceptors (Lipinski definition) is 5. The Morgan fingerprint density at radius 2 is 1.55 bits per heavy atom. The Hall–Kier alpha value is -1.91. The smallest absolute Gasteiger partial charge is 0.194 e. The normalized spacial score (nSPS) is 18.2. The van der Waals surface area contributed by atoms with Gasteiger partial charge in [0, 0.05) is 78.7 Å². The molecule has 4 rings (SSSR count). The van der Waals surface area contributed by atoms with Gasteiger partial charge in [0.25, 0.3) is 0 Å². The molecule has 2 saturated heterocycles. The van der Waals surface area contributed by atoms with E-state index in [-0.39, 0.29) is 24.0 Å². The van der Waals surface area contributed by atoms with E-state index in [1.807, 2.05) is 19.3 Å². The average Bonchev–Trinajstić information content (AvgIpc) is 2.87. The van der Waals surface area contributed by atoms with E-state index in [4.69, 9.17) is 0 Å². The SMILES string of the molecule is CCN1CCN(Cc2ccccc2CNC(=NC)N2CCN(c3ccccn3)CC2)CC1.I. The first-order chi connectivity index (χ1) is 15.8. The summed E-state index contributed by atoms with van der Waals surface area (Å²) < 4.78 is 0. The lowest BCUT2D eigenvalue weighted by atomic mass is 10.1. The fraction of sp³-hybridized carbons (Fsp3) is 0.520. The summed E-state index contributed by atoms with van der Waals surface area (Å²) in [4.78, 5) is 18.9. The maximum Gasteiger partial charge on any atom is 0.194 e. The molecule has 2 aliphatic heterocycles. The third-order valence-electron chi connectivity index (χ3n) is 6.63. The van der Waals surface area contributed by atoms with Crippen molar-refractivity contribution in [2.45, 2.75) is 20.0 Å². The average molecular weight is 564 g/mol. The molecule has 33 heavy (non-hydrogen) atoms. The van der Waals surface area contributed by atoms with Crippen molar-refractivity contribution < 1.29 is 0 Å². The number of guanidine groups is 1. The second-order valence-electron chi connectivity index (χ2n) is 8.54. The topological polar surface area (TPSA) is 50.2 Å². The van der Waals surface area contributed by atoms with Gasteiger partial charge < -0.3 is 20.0 Å². The van der Waals surface area contributed by atoms with Crippen molar-refractivity contribution in [3.63, 3.8) is 0 Å². The molecule has 0 radical (unpaired) electrons. The highest BCUT2D eigenvalue weighted by Crippen LogP contribution is 2.15. The van der Waals surface area contributed by atoms with E-state index in [9.17, 15) is 0 Å². The molecule has 0 bridgehead atoms. The van der Waals surface area contributed by atoms with Gasteiger partial charge in [-0.2, -0.15) is 0 Å². The van der Waals surface area contributed by atoms with Gasteiger partial charge in [-0.1, -0.05) is 37.3 Å². The molecule has 8 heteroatoms. The summed E-state index contributed by atoms with van der Waals surface area (Å²) in [5.74, 6) is 2.04. The molecule has 2 aliphatic rings. The van der Waals surface area contributed by atoms with Gasteiger partial charge in [0.2, 0.25) is 0 Å². The van der Waals surface area contributed by atoms with Crippen molar-refractivity contribution >= 4 is 35.8 Å². The third-order valence-corrected chi connectivity index (χ3v) is 6.63. The van der Waals surface area contributed by atoms with Gasteiger partial charge in [-0.05, 0) is 29.8 Å². The summed E-state index contributed by atoms with van der Waals surface area (Å²) in [6, 6.07) is 14.9. The standard InChI is InChI=1S/C25H37N7.HI/c1-3-29-12-14-30(15-13-29)21-23-9-5-4-8-22(23)20-28-25(26-2)32-18-16-31(17-19-32)24-10-6-7-11-27-24;/h4-11H,3,12-21H2,1-2H3,(H,26,28);1H. The molecular weight excluding hydrogens is 525 g/mol. The van der Waals surface area contributed by atoms with Crippen LogP contribution in [0.5, 0.6) is 0 Å². The number of nitrogens with zero attached hydrogens (tertiary/aromatic N) is 6.